The quantitative estimate of drug-likeness (QED) is 0.0435. The van der Waals surface area contributed by atoms with Gasteiger partial charge in [-0.3, -0.25) is 4.79 Å². The number of unbranched alkanes of at least 4 members (excludes halogenated alkanes) is 15. The molecule has 0 aliphatic rings. The maximum atomic E-state index is 12.4. The molecule has 0 aliphatic heterocycles. The van der Waals surface area contributed by atoms with Crippen molar-refractivity contribution in [2.75, 3.05) is 6.61 Å². The van der Waals surface area contributed by atoms with Gasteiger partial charge in [-0.2, -0.15) is 0 Å². The summed E-state index contributed by atoms with van der Waals surface area (Å²) >= 11 is 0. The zero-order valence-corrected chi connectivity index (χ0v) is 34.9. The molecule has 0 aromatic rings. The predicted molar refractivity (Wildman–Crippen MR) is 239 cm³/mol. The molecular formula is C50H83NO3. The van der Waals surface area contributed by atoms with Gasteiger partial charge in [-0.25, -0.2) is 0 Å². The van der Waals surface area contributed by atoms with Crippen LogP contribution >= 0.6 is 0 Å². The monoisotopic (exact) mass is 746 g/mol. The minimum Gasteiger partial charge on any atom is -0.394 e. The number of carbonyl (C=O) groups is 1. The molecule has 0 fully saturated rings. The lowest BCUT2D eigenvalue weighted by Crippen LogP contribution is -2.45. The average molecular weight is 746 g/mol. The van der Waals surface area contributed by atoms with Crippen LogP contribution in [0, 0.1) is 0 Å². The summed E-state index contributed by atoms with van der Waals surface area (Å²) in [6, 6.07) is -0.654. The number of aliphatic hydroxyl groups excluding tert-OH is 2. The first-order valence-corrected chi connectivity index (χ1v) is 22.1. The highest BCUT2D eigenvalue weighted by atomic mass is 16.3. The molecule has 54 heavy (non-hydrogen) atoms. The van der Waals surface area contributed by atoms with Crippen LogP contribution in [0.15, 0.2) is 109 Å². The molecule has 0 rings (SSSR count). The summed E-state index contributed by atoms with van der Waals surface area (Å²) < 4.78 is 0. The van der Waals surface area contributed by atoms with Gasteiger partial charge in [0.05, 0.1) is 18.8 Å². The Hall–Kier alpha value is -2.95. The Bertz CT molecular complexity index is 1070. The first kappa shape index (κ1) is 51.0. The number of aliphatic hydroxyl groups is 2. The fourth-order valence-electron chi connectivity index (χ4n) is 5.86. The van der Waals surface area contributed by atoms with Crippen LogP contribution in [-0.2, 0) is 4.79 Å². The van der Waals surface area contributed by atoms with Crippen molar-refractivity contribution in [3.05, 3.63) is 109 Å². The molecule has 3 N–H and O–H groups in total. The van der Waals surface area contributed by atoms with E-state index in [0.717, 1.165) is 83.5 Å². The van der Waals surface area contributed by atoms with Crippen LogP contribution in [0.25, 0.3) is 0 Å². The standard InChI is InChI=1S/C50H83NO3/c1-3-5-7-9-11-13-15-17-18-19-20-21-22-23-24-25-26-27-28-29-30-31-32-34-36-38-40-42-44-46-50(54)51-48(47-52)49(53)45-43-41-39-37-35-33-16-14-12-10-8-6-4-2/h5,7,11-14,17-18,20-21,23-24,26-27,35,37,43,45,48-49,52-53H,3-4,6,8-10,15-16,19,22,25,28-34,36,38-42,44,46-47H2,1-2H3,(H,51,54)/b7-5-,13-11-,14-12+,18-17-,21-20-,24-23-,27-26-,37-35+,45-43+. The van der Waals surface area contributed by atoms with Crippen LogP contribution in [0.2, 0.25) is 0 Å². The van der Waals surface area contributed by atoms with Gasteiger partial charge in [-0.05, 0) is 96.3 Å². The molecule has 1 amide bonds. The number of carbonyl (C=O) groups excluding carboxylic acids is 1. The number of hydrogen-bond donors (Lipinski definition) is 3. The fourth-order valence-corrected chi connectivity index (χ4v) is 5.86. The SMILES string of the molecule is CC/C=C\C/C=C\C/C=C\C/C=C\C/C=C\C/C=C\CCCCCCCCCCCCC(=O)NC(CO)C(O)/C=C/CC/C=C/CC/C=C/CCCCC. The Labute approximate surface area is 334 Å². The second-order valence-corrected chi connectivity index (χ2v) is 14.4. The van der Waals surface area contributed by atoms with E-state index in [0.29, 0.717) is 6.42 Å². The second-order valence-electron chi connectivity index (χ2n) is 14.4. The van der Waals surface area contributed by atoms with Crippen molar-refractivity contribution in [1.82, 2.24) is 5.32 Å². The van der Waals surface area contributed by atoms with Crippen LogP contribution in [-0.4, -0.2) is 34.9 Å². The van der Waals surface area contributed by atoms with Crippen molar-refractivity contribution in [3.63, 3.8) is 0 Å². The van der Waals surface area contributed by atoms with E-state index in [1.54, 1.807) is 6.08 Å². The van der Waals surface area contributed by atoms with Gasteiger partial charge in [0.15, 0.2) is 0 Å². The molecule has 0 saturated carbocycles. The largest absolute Gasteiger partial charge is 0.394 e. The molecule has 2 atom stereocenters. The van der Waals surface area contributed by atoms with E-state index in [2.05, 4.69) is 116 Å². The van der Waals surface area contributed by atoms with Crippen LogP contribution in [0.4, 0.5) is 0 Å². The van der Waals surface area contributed by atoms with Crippen molar-refractivity contribution in [1.29, 1.82) is 0 Å². The van der Waals surface area contributed by atoms with E-state index in [4.69, 9.17) is 0 Å². The van der Waals surface area contributed by atoms with E-state index in [1.807, 2.05) is 6.08 Å². The Kier molecular flexibility index (Phi) is 42.0. The third-order valence-electron chi connectivity index (χ3n) is 9.22. The Morgan fingerprint density at radius 3 is 1.30 bits per heavy atom. The third-order valence-corrected chi connectivity index (χ3v) is 9.22. The Morgan fingerprint density at radius 2 is 0.833 bits per heavy atom. The Balaban J connectivity index is 3.65. The predicted octanol–water partition coefficient (Wildman–Crippen LogP) is 14.0. The second kappa shape index (κ2) is 44.4. The number of nitrogens with one attached hydrogen (secondary N) is 1. The van der Waals surface area contributed by atoms with Crippen molar-refractivity contribution < 1.29 is 15.0 Å². The lowest BCUT2D eigenvalue weighted by atomic mass is 10.0. The van der Waals surface area contributed by atoms with Gasteiger partial charge < -0.3 is 15.5 Å². The molecule has 4 heteroatoms. The van der Waals surface area contributed by atoms with E-state index in [1.165, 1.54) is 77.0 Å². The van der Waals surface area contributed by atoms with E-state index in [9.17, 15) is 15.0 Å². The summed E-state index contributed by atoms with van der Waals surface area (Å²) in [6.07, 6.45) is 67.7. The van der Waals surface area contributed by atoms with Crippen molar-refractivity contribution in [2.45, 2.75) is 193 Å². The van der Waals surface area contributed by atoms with Gasteiger partial charge >= 0.3 is 0 Å². The van der Waals surface area contributed by atoms with Crippen molar-refractivity contribution in [2.24, 2.45) is 0 Å². The van der Waals surface area contributed by atoms with Gasteiger partial charge in [-0.1, -0.05) is 187 Å². The minimum absolute atomic E-state index is 0.0899. The normalized spacial score (nSPS) is 14.1. The first-order chi connectivity index (χ1) is 26.7. The van der Waals surface area contributed by atoms with E-state index < -0.39 is 12.1 Å². The lowest BCUT2D eigenvalue weighted by Gasteiger charge is -2.19. The number of rotatable bonds is 38. The molecule has 0 spiro atoms. The fraction of sp³-hybridized carbons (Fsp3) is 0.620. The summed E-state index contributed by atoms with van der Waals surface area (Å²) in [4.78, 5) is 12.4. The van der Waals surface area contributed by atoms with Crippen LogP contribution in [0.3, 0.4) is 0 Å². The Morgan fingerprint density at radius 1 is 0.463 bits per heavy atom. The number of hydrogen-bond acceptors (Lipinski definition) is 3. The van der Waals surface area contributed by atoms with E-state index >= 15 is 0 Å². The molecule has 0 saturated heterocycles. The third kappa shape index (κ3) is 40.2. The molecule has 4 nitrogen and oxygen atoms in total. The van der Waals surface area contributed by atoms with Crippen molar-refractivity contribution >= 4 is 5.91 Å². The summed E-state index contributed by atoms with van der Waals surface area (Å²) in [5.41, 5.74) is 0. The minimum atomic E-state index is -0.877. The summed E-state index contributed by atoms with van der Waals surface area (Å²) in [5, 5.41) is 22.9. The highest BCUT2D eigenvalue weighted by Gasteiger charge is 2.17. The van der Waals surface area contributed by atoms with Crippen LogP contribution < -0.4 is 5.32 Å². The summed E-state index contributed by atoms with van der Waals surface area (Å²) in [6.45, 7) is 4.12. The first-order valence-electron chi connectivity index (χ1n) is 22.1. The molecule has 0 heterocycles. The number of amides is 1. The highest BCUT2D eigenvalue weighted by molar-refractivity contribution is 5.76. The van der Waals surface area contributed by atoms with E-state index in [-0.39, 0.29) is 12.5 Å². The summed E-state index contributed by atoms with van der Waals surface area (Å²) in [7, 11) is 0. The lowest BCUT2D eigenvalue weighted by molar-refractivity contribution is -0.123. The molecule has 0 bridgehead atoms. The maximum Gasteiger partial charge on any atom is 0.220 e. The van der Waals surface area contributed by atoms with Crippen LogP contribution in [0.1, 0.15) is 181 Å². The molecule has 2 unspecified atom stereocenters. The molecular weight excluding hydrogens is 663 g/mol. The summed E-state index contributed by atoms with van der Waals surface area (Å²) in [5.74, 6) is -0.0899. The van der Waals surface area contributed by atoms with Crippen LogP contribution in [0.5, 0.6) is 0 Å². The molecule has 306 valence electrons. The maximum absolute atomic E-state index is 12.4. The highest BCUT2D eigenvalue weighted by Crippen LogP contribution is 2.13. The zero-order chi connectivity index (χ0) is 39.3. The smallest absolute Gasteiger partial charge is 0.220 e. The van der Waals surface area contributed by atoms with Gasteiger partial charge in [0.2, 0.25) is 5.91 Å². The molecule has 0 aliphatic carbocycles. The van der Waals surface area contributed by atoms with Gasteiger partial charge in [0.25, 0.3) is 0 Å². The molecule has 0 radical (unpaired) electrons. The number of allylic oxidation sites excluding steroid dienone is 17. The topological polar surface area (TPSA) is 69.6 Å². The molecule has 0 aromatic carbocycles. The van der Waals surface area contributed by atoms with Crippen molar-refractivity contribution in [3.8, 4) is 0 Å². The zero-order valence-electron chi connectivity index (χ0n) is 34.9. The van der Waals surface area contributed by atoms with Gasteiger partial charge in [-0.15, -0.1) is 0 Å². The van der Waals surface area contributed by atoms with Gasteiger partial charge in [0.1, 0.15) is 0 Å². The average Bonchev–Trinajstić information content (AvgIpc) is 3.18. The molecule has 0 aromatic heterocycles. The van der Waals surface area contributed by atoms with Gasteiger partial charge in [0, 0.05) is 6.42 Å².